The normalized spacial score (nSPS) is 21.0. The van der Waals surface area contributed by atoms with E-state index in [0.717, 1.165) is 0 Å². The van der Waals surface area contributed by atoms with Gasteiger partial charge in [-0.05, 0) is 18.6 Å². The van der Waals surface area contributed by atoms with Gasteiger partial charge in [0.1, 0.15) is 5.76 Å². The van der Waals surface area contributed by atoms with Crippen LogP contribution >= 0.6 is 0 Å². The Morgan fingerprint density at radius 3 is 2.50 bits per heavy atom. The fourth-order valence-electron chi connectivity index (χ4n) is 2.49. The molecule has 1 aliphatic rings. The van der Waals surface area contributed by atoms with Gasteiger partial charge in [-0.3, -0.25) is 4.79 Å². The standard InChI is InChI=1S/C16H13F3N2O3/c1-10-12(7-8-24-10)14(22)21-15(23,16(17,18)19)9-13(20-21)11-5-3-2-4-6-11/h2-8,23H,9H2,1H3/t15-/m1/s1. The molecule has 2 aromatic rings. The van der Waals surface area contributed by atoms with Crippen molar-refractivity contribution in [1.82, 2.24) is 5.01 Å². The van der Waals surface area contributed by atoms with Gasteiger partial charge in [0.25, 0.3) is 11.6 Å². The molecule has 0 saturated carbocycles. The summed E-state index contributed by atoms with van der Waals surface area (Å²) in [4.78, 5) is 12.5. The van der Waals surface area contributed by atoms with E-state index < -0.39 is 24.2 Å². The summed E-state index contributed by atoms with van der Waals surface area (Å²) in [5.41, 5.74) is -3.11. The molecule has 0 spiro atoms. The smallest absolute Gasteiger partial charge is 0.438 e. The minimum absolute atomic E-state index is 0.0232. The van der Waals surface area contributed by atoms with Gasteiger partial charge in [-0.1, -0.05) is 30.3 Å². The van der Waals surface area contributed by atoms with Crippen molar-refractivity contribution in [1.29, 1.82) is 0 Å². The summed E-state index contributed by atoms with van der Waals surface area (Å²) in [7, 11) is 0. The first-order chi connectivity index (χ1) is 11.2. The highest BCUT2D eigenvalue weighted by Crippen LogP contribution is 2.42. The summed E-state index contributed by atoms with van der Waals surface area (Å²) in [5.74, 6) is -0.931. The number of benzene rings is 1. The van der Waals surface area contributed by atoms with Gasteiger partial charge in [0, 0.05) is 0 Å². The Balaban J connectivity index is 2.06. The van der Waals surface area contributed by atoms with Crippen LogP contribution < -0.4 is 0 Å². The van der Waals surface area contributed by atoms with E-state index in [1.54, 1.807) is 30.3 Å². The molecule has 0 saturated heterocycles. The average Bonchev–Trinajstić information content (AvgIpc) is 3.11. The summed E-state index contributed by atoms with van der Waals surface area (Å²) in [6.45, 7) is 1.44. The van der Waals surface area contributed by atoms with Crippen molar-refractivity contribution < 1.29 is 27.5 Å². The number of carbonyl (C=O) groups excluding carboxylic acids is 1. The number of hydrazone groups is 1. The third-order valence-electron chi connectivity index (χ3n) is 3.83. The Kier molecular flexibility index (Phi) is 3.71. The van der Waals surface area contributed by atoms with Gasteiger partial charge in [-0.2, -0.15) is 23.3 Å². The number of hydrogen-bond donors (Lipinski definition) is 1. The largest absolute Gasteiger partial charge is 0.469 e. The highest BCUT2D eigenvalue weighted by Gasteiger charge is 2.63. The molecule has 1 aromatic carbocycles. The predicted molar refractivity (Wildman–Crippen MR) is 78.2 cm³/mol. The molecule has 1 aliphatic heterocycles. The van der Waals surface area contributed by atoms with Crippen LogP contribution in [0.1, 0.15) is 28.1 Å². The highest BCUT2D eigenvalue weighted by atomic mass is 19.4. The van der Waals surface area contributed by atoms with E-state index in [2.05, 4.69) is 5.10 Å². The summed E-state index contributed by atoms with van der Waals surface area (Å²) >= 11 is 0. The minimum atomic E-state index is -5.07. The van der Waals surface area contributed by atoms with E-state index in [1.807, 2.05) is 0 Å². The Hall–Kier alpha value is -2.61. The Bertz CT molecular complexity index is 798. The molecule has 5 nitrogen and oxygen atoms in total. The summed E-state index contributed by atoms with van der Waals surface area (Å²) in [5, 5.41) is 14.1. The number of alkyl halides is 3. The van der Waals surface area contributed by atoms with Crippen LogP contribution in [-0.4, -0.2) is 33.6 Å². The lowest BCUT2D eigenvalue weighted by Crippen LogP contribution is -2.56. The fourth-order valence-corrected chi connectivity index (χ4v) is 2.49. The van der Waals surface area contributed by atoms with Crippen LogP contribution in [0.15, 0.2) is 52.2 Å². The van der Waals surface area contributed by atoms with Crippen LogP contribution in [0.25, 0.3) is 0 Å². The SMILES string of the molecule is Cc1occc1C(=O)N1N=C(c2ccccc2)C[C@@]1(O)C(F)(F)F. The van der Waals surface area contributed by atoms with Crippen LogP contribution in [-0.2, 0) is 0 Å². The zero-order valence-corrected chi connectivity index (χ0v) is 12.5. The molecule has 3 rings (SSSR count). The number of hydrogen-bond acceptors (Lipinski definition) is 4. The topological polar surface area (TPSA) is 66.0 Å². The van der Waals surface area contributed by atoms with Crippen LogP contribution in [0.4, 0.5) is 13.2 Å². The number of amides is 1. The van der Waals surface area contributed by atoms with E-state index in [4.69, 9.17) is 4.42 Å². The lowest BCUT2D eigenvalue weighted by molar-refractivity contribution is -0.297. The number of aryl methyl sites for hydroxylation is 1. The molecular formula is C16H13F3N2O3. The number of carbonyl (C=O) groups is 1. The third-order valence-corrected chi connectivity index (χ3v) is 3.83. The molecule has 2 heterocycles. The maximum Gasteiger partial charge on any atom is 0.438 e. The van der Waals surface area contributed by atoms with Crippen molar-refractivity contribution in [3.8, 4) is 0 Å². The van der Waals surface area contributed by atoms with Gasteiger partial charge in [-0.25, -0.2) is 0 Å². The van der Waals surface area contributed by atoms with Crippen LogP contribution in [0, 0.1) is 6.92 Å². The van der Waals surface area contributed by atoms with Crippen LogP contribution in [0.3, 0.4) is 0 Å². The molecule has 1 atom stereocenters. The van der Waals surface area contributed by atoms with Crippen molar-refractivity contribution >= 4 is 11.6 Å². The van der Waals surface area contributed by atoms with Crippen molar-refractivity contribution in [2.75, 3.05) is 0 Å². The number of nitrogens with zero attached hydrogens (tertiary/aromatic N) is 2. The van der Waals surface area contributed by atoms with Crippen LogP contribution in [0.5, 0.6) is 0 Å². The average molecular weight is 338 g/mol. The molecule has 1 amide bonds. The zero-order chi connectivity index (χ0) is 17.5. The van der Waals surface area contributed by atoms with Crippen molar-refractivity contribution in [3.63, 3.8) is 0 Å². The Morgan fingerprint density at radius 1 is 1.29 bits per heavy atom. The molecule has 126 valence electrons. The molecule has 0 radical (unpaired) electrons. The first-order valence-corrected chi connectivity index (χ1v) is 7.05. The molecule has 0 unspecified atom stereocenters. The fraction of sp³-hybridized carbons (Fsp3) is 0.250. The molecule has 0 aliphatic carbocycles. The first-order valence-electron chi connectivity index (χ1n) is 7.05. The number of furan rings is 1. The Labute approximate surface area is 135 Å². The van der Waals surface area contributed by atoms with Crippen LogP contribution in [0.2, 0.25) is 0 Å². The molecule has 24 heavy (non-hydrogen) atoms. The summed E-state index contributed by atoms with van der Waals surface area (Å²) < 4.78 is 45.3. The van der Waals surface area contributed by atoms with Gasteiger partial charge < -0.3 is 9.52 Å². The molecule has 1 aromatic heterocycles. The predicted octanol–water partition coefficient (Wildman–Crippen LogP) is 3.09. The first kappa shape index (κ1) is 16.3. The van der Waals surface area contributed by atoms with E-state index in [9.17, 15) is 23.1 Å². The molecule has 0 bridgehead atoms. The number of aliphatic hydroxyl groups is 1. The third kappa shape index (κ3) is 2.48. The van der Waals surface area contributed by atoms with E-state index in [-0.39, 0.29) is 22.0 Å². The van der Waals surface area contributed by atoms with Gasteiger partial charge in [0.2, 0.25) is 0 Å². The van der Waals surface area contributed by atoms with E-state index in [1.165, 1.54) is 19.3 Å². The molecule has 0 fully saturated rings. The van der Waals surface area contributed by atoms with Crippen molar-refractivity contribution in [2.45, 2.75) is 25.2 Å². The van der Waals surface area contributed by atoms with Crippen molar-refractivity contribution in [3.05, 3.63) is 59.5 Å². The second kappa shape index (κ2) is 5.48. The lowest BCUT2D eigenvalue weighted by atomic mass is 10.0. The number of halogens is 3. The quantitative estimate of drug-likeness (QED) is 0.915. The van der Waals surface area contributed by atoms with Gasteiger partial charge in [0.15, 0.2) is 0 Å². The second-order valence-corrected chi connectivity index (χ2v) is 5.41. The molecular weight excluding hydrogens is 325 g/mol. The second-order valence-electron chi connectivity index (χ2n) is 5.41. The maximum absolute atomic E-state index is 13.4. The lowest BCUT2D eigenvalue weighted by Gasteiger charge is -2.32. The monoisotopic (exact) mass is 338 g/mol. The maximum atomic E-state index is 13.4. The van der Waals surface area contributed by atoms with Gasteiger partial charge in [0.05, 0.1) is 24.0 Å². The van der Waals surface area contributed by atoms with E-state index >= 15 is 0 Å². The van der Waals surface area contributed by atoms with E-state index in [0.29, 0.717) is 5.56 Å². The minimum Gasteiger partial charge on any atom is -0.469 e. The highest BCUT2D eigenvalue weighted by molar-refractivity contribution is 6.05. The summed E-state index contributed by atoms with van der Waals surface area (Å²) in [6, 6.07) is 9.33. The van der Waals surface area contributed by atoms with Crippen molar-refractivity contribution in [2.24, 2.45) is 5.10 Å². The Morgan fingerprint density at radius 2 is 1.96 bits per heavy atom. The number of rotatable bonds is 2. The van der Waals surface area contributed by atoms with Gasteiger partial charge in [-0.15, -0.1) is 0 Å². The zero-order valence-electron chi connectivity index (χ0n) is 12.5. The van der Waals surface area contributed by atoms with Gasteiger partial charge >= 0.3 is 6.18 Å². The molecule has 1 N–H and O–H groups in total. The summed E-state index contributed by atoms with van der Waals surface area (Å²) in [6.07, 6.45) is -4.73. The molecule has 8 heteroatoms.